The van der Waals surface area contributed by atoms with Crippen LogP contribution in [-0.4, -0.2) is 34.3 Å². The van der Waals surface area contributed by atoms with Crippen molar-refractivity contribution in [3.8, 4) is 0 Å². The lowest BCUT2D eigenvalue weighted by Crippen LogP contribution is -2.18. The van der Waals surface area contributed by atoms with Gasteiger partial charge in [0.1, 0.15) is 6.61 Å². The minimum atomic E-state index is -4.32. The number of hydrogen-bond acceptors (Lipinski definition) is 3. The number of ether oxygens (including phenoxy) is 1. The molecule has 0 radical (unpaired) electrons. The van der Waals surface area contributed by atoms with Gasteiger partial charge in [-0.05, 0) is 6.07 Å². The van der Waals surface area contributed by atoms with Gasteiger partial charge >= 0.3 is 6.18 Å². The molecular formula is C9H13F3N2O2. The molecule has 0 bridgehead atoms. The van der Waals surface area contributed by atoms with Crippen LogP contribution in [-0.2, 0) is 11.8 Å². The van der Waals surface area contributed by atoms with Crippen LogP contribution in [0, 0.1) is 0 Å². The summed E-state index contributed by atoms with van der Waals surface area (Å²) in [6.07, 6.45) is -3.57. The fourth-order valence-corrected chi connectivity index (χ4v) is 1.24. The Labute approximate surface area is 90.6 Å². The zero-order chi connectivity index (χ0) is 12.2. The summed E-state index contributed by atoms with van der Waals surface area (Å²) in [5.41, 5.74) is 0.551. The quantitative estimate of drug-likeness (QED) is 0.789. The van der Waals surface area contributed by atoms with Crippen LogP contribution in [0.2, 0.25) is 0 Å². The molecule has 92 valence electrons. The van der Waals surface area contributed by atoms with E-state index in [0.717, 1.165) is 0 Å². The summed E-state index contributed by atoms with van der Waals surface area (Å²) < 4.78 is 41.0. The van der Waals surface area contributed by atoms with Crippen LogP contribution >= 0.6 is 0 Å². The third kappa shape index (κ3) is 4.19. The van der Waals surface area contributed by atoms with E-state index in [2.05, 4.69) is 9.84 Å². The van der Waals surface area contributed by atoms with Crippen LogP contribution in [0.3, 0.4) is 0 Å². The van der Waals surface area contributed by atoms with Gasteiger partial charge in [0.05, 0.1) is 11.8 Å². The predicted molar refractivity (Wildman–Crippen MR) is 49.7 cm³/mol. The molecule has 0 aromatic carbocycles. The first kappa shape index (κ1) is 13.0. The maximum Gasteiger partial charge on any atom is 0.411 e. The summed E-state index contributed by atoms with van der Waals surface area (Å²) in [6.45, 7) is -1.43. The van der Waals surface area contributed by atoms with E-state index in [-0.39, 0.29) is 13.0 Å². The van der Waals surface area contributed by atoms with Gasteiger partial charge < -0.3 is 9.84 Å². The molecule has 0 aliphatic rings. The van der Waals surface area contributed by atoms with Crippen LogP contribution in [0.5, 0.6) is 0 Å². The highest BCUT2D eigenvalue weighted by atomic mass is 19.4. The average Bonchev–Trinajstić information content (AvgIpc) is 2.57. The Bertz CT molecular complexity index is 325. The van der Waals surface area contributed by atoms with Crippen LogP contribution < -0.4 is 0 Å². The molecule has 1 N–H and O–H groups in total. The maximum atomic E-state index is 11.7. The van der Waals surface area contributed by atoms with E-state index < -0.39 is 18.9 Å². The van der Waals surface area contributed by atoms with Crippen molar-refractivity contribution in [2.24, 2.45) is 7.05 Å². The van der Waals surface area contributed by atoms with E-state index in [9.17, 15) is 18.3 Å². The van der Waals surface area contributed by atoms with E-state index in [4.69, 9.17) is 0 Å². The topological polar surface area (TPSA) is 47.3 Å². The third-order valence-electron chi connectivity index (χ3n) is 2.00. The molecule has 0 aliphatic heterocycles. The Morgan fingerprint density at radius 1 is 1.56 bits per heavy atom. The van der Waals surface area contributed by atoms with Gasteiger partial charge in [-0.15, -0.1) is 0 Å². The lowest BCUT2D eigenvalue weighted by atomic mass is 10.2. The third-order valence-corrected chi connectivity index (χ3v) is 2.00. The van der Waals surface area contributed by atoms with Crippen LogP contribution in [0.15, 0.2) is 12.3 Å². The molecular weight excluding hydrogens is 225 g/mol. The van der Waals surface area contributed by atoms with Crippen molar-refractivity contribution >= 4 is 0 Å². The van der Waals surface area contributed by atoms with E-state index >= 15 is 0 Å². The van der Waals surface area contributed by atoms with Crippen molar-refractivity contribution in [1.29, 1.82) is 0 Å². The van der Waals surface area contributed by atoms with Gasteiger partial charge in [0.25, 0.3) is 0 Å². The zero-order valence-corrected chi connectivity index (χ0v) is 8.74. The van der Waals surface area contributed by atoms with Crippen molar-refractivity contribution in [2.75, 3.05) is 13.2 Å². The number of halogens is 3. The van der Waals surface area contributed by atoms with Gasteiger partial charge in [0, 0.05) is 26.3 Å². The Morgan fingerprint density at radius 2 is 2.25 bits per heavy atom. The Morgan fingerprint density at radius 3 is 2.75 bits per heavy atom. The van der Waals surface area contributed by atoms with Gasteiger partial charge in [0.15, 0.2) is 0 Å². The number of nitrogens with zero attached hydrogens (tertiary/aromatic N) is 2. The second-order valence-corrected chi connectivity index (χ2v) is 3.35. The smallest absolute Gasteiger partial charge is 0.387 e. The van der Waals surface area contributed by atoms with Gasteiger partial charge in [-0.3, -0.25) is 4.68 Å². The van der Waals surface area contributed by atoms with Crippen molar-refractivity contribution in [3.63, 3.8) is 0 Å². The van der Waals surface area contributed by atoms with Crippen LogP contribution in [0.4, 0.5) is 13.2 Å². The Kier molecular flexibility index (Phi) is 4.31. The molecule has 0 amide bonds. The van der Waals surface area contributed by atoms with Crippen LogP contribution in [0.25, 0.3) is 0 Å². The van der Waals surface area contributed by atoms with Crippen molar-refractivity contribution in [2.45, 2.75) is 18.7 Å². The molecule has 0 fully saturated rings. The lowest BCUT2D eigenvalue weighted by Gasteiger charge is -2.12. The fourth-order valence-electron chi connectivity index (χ4n) is 1.24. The first-order valence-corrected chi connectivity index (χ1v) is 4.70. The summed E-state index contributed by atoms with van der Waals surface area (Å²) in [4.78, 5) is 0. The van der Waals surface area contributed by atoms with Crippen molar-refractivity contribution < 1.29 is 23.0 Å². The molecule has 0 saturated heterocycles. The van der Waals surface area contributed by atoms with Gasteiger partial charge in [-0.25, -0.2) is 0 Å². The molecule has 1 rings (SSSR count). The molecule has 1 aromatic rings. The number of aryl methyl sites for hydroxylation is 1. The van der Waals surface area contributed by atoms with E-state index in [1.54, 1.807) is 13.1 Å². The minimum Gasteiger partial charge on any atom is -0.387 e. The second-order valence-electron chi connectivity index (χ2n) is 3.35. The molecule has 1 unspecified atom stereocenters. The zero-order valence-electron chi connectivity index (χ0n) is 8.74. The van der Waals surface area contributed by atoms with Gasteiger partial charge in [0.2, 0.25) is 0 Å². The van der Waals surface area contributed by atoms with Gasteiger partial charge in [-0.1, -0.05) is 0 Å². The summed E-state index contributed by atoms with van der Waals surface area (Å²) in [5.74, 6) is 0. The predicted octanol–water partition coefficient (Wildman–Crippen LogP) is 1.42. The molecule has 1 heterocycles. The Hall–Kier alpha value is -1.08. The number of aromatic nitrogens is 2. The number of aliphatic hydroxyl groups is 1. The Balaban J connectivity index is 2.26. The lowest BCUT2D eigenvalue weighted by molar-refractivity contribution is -0.175. The number of alkyl halides is 3. The highest BCUT2D eigenvalue weighted by Gasteiger charge is 2.27. The summed E-state index contributed by atoms with van der Waals surface area (Å²) in [6, 6.07) is 1.61. The SMILES string of the molecule is Cn1nccc1C(O)CCOCC(F)(F)F. The normalized spacial score (nSPS) is 14.1. The number of rotatable bonds is 5. The van der Waals surface area contributed by atoms with Crippen LogP contribution in [0.1, 0.15) is 18.2 Å². The number of aliphatic hydroxyl groups excluding tert-OH is 1. The summed E-state index contributed by atoms with van der Waals surface area (Å²) in [7, 11) is 1.65. The largest absolute Gasteiger partial charge is 0.411 e. The highest BCUT2D eigenvalue weighted by molar-refractivity contribution is 5.03. The maximum absolute atomic E-state index is 11.7. The highest BCUT2D eigenvalue weighted by Crippen LogP contribution is 2.17. The van der Waals surface area contributed by atoms with Crippen molar-refractivity contribution in [3.05, 3.63) is 18.0 Å². The molecule has 4 nitrogen and oxygen atoms in total. The molecule has 1 atom stereocenters. The van der Waals surface area contributed by atoms with E-state index in [0.29, 0.717) is 5.69 Å². The molecule has 0 saturated carbocycles. The average molecular weight is 238 g/mol. The van der Waals surface area contributed by atoms with E-state index in [1.165, 1.54) is 10.9 Å². The van der Waals surface area contributed by atoms with Crippen molar-refractivity contribution in [1.82, 2.24) is 9.78 Å². The minimum absolute atomic E-state index is 0.107. The second kappa shape index (κ2) is 5.31. The van der Waals surface area contributed by atoms with E-state index in [1.807, 2.05) is 0 Å². The molecule has 0 aliphatic carbocycles. The first-order valence-electron chi connectivity index (χ1n) is 4.70. The fraction of sp³-hybridized carbons (Fsp3) is 0.667. The summed E-state index contributed by atoms with van der Waals surface area (Å²) in [5, 5.41) is 13.4. The first-order chi connectivity index (χ1) is 7.40. The molecule has 7 heteroatoms. The molecule has 1 aromatic heterocycles. The van der Waals surface area contributed by atoms with Gasteiger partial charge in [-0.2, -0.15) is 18.3 Å². The standard InChI is InChI=1S/C9H13F3N2O2/c1-14-7(2-4-13-14)8(15)3-5-16-6-9(10,11)12/h2,4,8,15H,3,5-6H2,1H3. The molecule has 16 heavy (non-hydrogen) atoms. The molecule has 0 spiro atoms. The monoisotopic (exact) mass is 238 g/mol. The summed E-state index contributed by atoms with van der Waals surface area (Å²) >= 11 is 0. The number of hydrogen-bond donors (Lipinski definition) is 1.